The molecule has 2 heterocycles. The fraction of sp³-hybridized carbons (Fsp3) is 0.350. The summed E-state index contributed by atoms with van der Waals surface area (Å²) in [4.78, 5) is 17.2. The van der Waals surface area contributed by atoms with E-state index in [2.05, 4.69) is 22.3 Å². The van der Waals surface area contributed by atoms with Gasteiger partial charge in [0.05, 0.1) is 24.1 Å². The number of nitrogens with zero attached hydrogens (tertiary/aromatic N) is 3. The van der Waals surface area contributed by atoms with E-state index in [0.29, 0.717) is 17.3 Å². The summed E-state index contributed by atoms with van der Waals surface area (Å²) in [7, 11) is 0. The Bertz CT molecular complexity index is 945. The number of aryl methyl sites for hydroxylation is 2. The molecule has 142 valence electrons. The third-order valence-corrected chi connectivity index (χ3v) is 4.98. The van der Waals surface area contributed by atoms with Crippen LogP contribution in [0.25, 0.3) is 11.3 Å². The Kier molecular flexibility index (Phi) is 5.91. The van der Waals surface area contributed by atoms with Crippen LogP contribution in [0.3, 0.4) is 0 Å². The highest BCUT2D eigenvalue weighted by Crippen LogP contribution is 2.33. The van der Waals surface area contributed by atoms with Crippen LogP contribution in [0.4, 0.5) is 5.13 Å². The highest BCUT2D eigenvalue weighted by Gasteiger charge is 2.17. The lowest BCUT2D eigenvalue weighted by Crippen LogP contribution is -2.13. The Morgan fingerprint density at radius 2 is 2.11 bits per heavy atom. The fourth-order valence-electron chi connectivity index (χ4n) is 2.85. The topological polar surface area (TPSA) is 69.0 Å². The van der Waals surface area contributed by atoms with Crippen LogP contribution >= 0.6 is 11.3 Å². The molecule has 6 nitrogen and oxygen atoms in total. The summed E-state index contributed by atoms with van der Waals surface area (Å²) in [6.07, 6.45) is 2.58. The van der Waals surface area contributed by atoms with Gasteiger partial charge in [-0.1, -0.05) is 18.6 Å². The minimum atomic E-state index is -0.190. The van der Waals surface area contributed by atoms with Gasteiger partial charge >= 0.3 is 0 Å². The standard InChI is InChI=1S/C20H24N4O2S/c1-5-9-24-14(4)16(11-21-24)19(25)23-20-22-17(12-27-20)15-10-13(3)7-8-18(15)26-6-2/h7-8,10-12H,5-6,9H2,1-4H3,(H,22,23,25). The van der Waals surface area contributed by atoms with Gasteiger partial charge in [0.2, 0.25) is 0 Å². The van der Waals surface area contributed by atoms with Crippen molar-refractivity contribution in [2.75, 3.05) is 11.9 Å². The Morgan fingerprint density at radius 3 is 2.85 bits per heavy atom. The maximum atomic E-state index is 12.6. The second-order valence-corrected chi connectivity index (χ2v) is 7.15. The number of amides is 1. The Morgan fingerprint density at radius 1 is 1.30 bits per heavy atom. The Labute approximate surface area is 163 Å². The quantitative estimate of drug-likeness (QED) is 0.642. The summed E-state index contributed by atoms with van der Waals surface area (Å²) in [6.45, 7) is 9.37. The van der Waals surface area contributed by atoms with Gasteiger partial charge in [0, 0.05) is 23.2 Å². The molecule has 0 saturated heterocycles. The van der Waals surface area contributed by atoms with Gasteiger partial charge < -0.3 is 4.74 Å². The van der Waals surface area contributed by atoms with Gasteiger partial charge in [0.25, 0.3) is 5.91 Å². The average Bonchev–Trinajstić information content (AvgIpc) is 3.24. The fourth-order valence-corrected chi connectivity index (χ4v) is 3.56. The van der Waals surface area contributed by atoms with Crippen molar-refractivity contribution in [3.05, 3.63) is 46.6 Å². The van der Waals surface area contributed by atoms with Crippen molar-refractivity contribution in [2.24, 2.45) is 0 Å². The third-order valence-electron chi connectivity index (χ3n) is 4.22. The lowest BCUT2D eigenvalue weighted by molar-refractivity contribution is 0.102. The number of rotatable bonds is 7. The summed E-state index contributed by atoms with van der Waals surface area (Å²) in [6, 6.07) is 6.02. The van der Waals surface area contributed by atoms with E-state index in [1.807, 2.05) is 49.0 Å². The summed E-state index contributed by atoms with van der Waals surface area (Å²) in [5.41, 5.74) is 4.29. The highest BCUT2D eigenvalue weighted by atomic mass is 32.1. The SMILES string of the molecule is CCCn1ncc(C(=O)Nc2nc(-c3cc(C)ccc3OCC)cs2)c1C. The predicted octanol–water partition coefficient (Wildman–Crippen LogP) is 4.68. The number of hydrogen-bond donors (Lipinski definition) is 1. The molecule has 1 N–H and O–H groups in total. The molecule has 0 aliphatic rings. The van der Waals surface area contributed by atoms with E-state index >= 15 is 0 Å². The zero-order valence-electron chi connectivity index (χ0n) is 16.1. The number of nitrogens with one attached hydrogen (secondary N) is 1. The molecule has 0 saturated carbocycles. The molecule has 7 heteroatoms. The largest absolute Gasteiger partial charge is 0.493 e. The normalized spacial score (nSPS) is 10.8. The van der Waals surface area contributed by atoms with Crippen LogP contribution in [0, 0.1) is 13.8 Å². The maximum Gasteiger partial charge on any atom is 0.260 e. The number of aromatic nitrogens is 3. The molecule has 1 aromatic carbocycles. The number of benzene rings is 1. The molecule has 0 radical (unpaired) electrons. The summed E-state index contributed by atoms with van der Waals surface area (Å²) in [5.74, 6) is 0.605. The van der Waals surface area contributed by atoms with E-state index in [-0.39, 0.29) is 5.91 Å². The van der Waals surface area contributed by atoms with E-state index < -0.39 is 0 Å². The first-order valence-corrected chi connectivity index (χ1v) is 9.94. The average molecular weight is 385 g/mol. The van der Waals surface area contributed by atoms with E-state index in [0.717, 1.165) is 41.2 Å². The molecule has 0 aliphatic carbocycles. The van der Waals surface area contributed by atoms with Crippen molar-refractivity contribution in [2.45, 2.75) is 40.7 Å². The van der Waals surface area contributed by atoms with E-state index in [1.54, 1.807) is 6.20 Å². The second kappa shape index (κ2) is 8.35. The number of carbonyl (C=O) groups is 1. The molecule has 0 atom stereocenters. The van der Waals surface area contributed by atoms with Gasteiger partial charge in [0.1, 0.15) is 5.75 Å². The molecule has 0 unspecified atom stereocenters. The van der Waals surface area contributed by atoms with Crippen LogP contribution < -0.4 is 10.1 Å². The molecule has 2 aromatic heterocycles. The first-order valence-electron chi connectivity index (χ1n) is 9.06. The molecule has 27 heavy (non-hydrogen) atoms. The zero-order valence-corrected chi connectivity index (χ0v) is 16.9. The van der Waals surface area contributed by atoms with Crippen molar-refractivity contribution < 1.29 is 9.53 Å². The molecular weight excluding hydrogens is 360 g/mol. The number of anilines is 1. The van der Waals surface area contributed by atoms with Crippen molar-refractivity contribution in [3.63, 3.8) is 0 Å². The van der Waals surface area contributed by atoms with E-state index in [9.17, 15) is 4.79 Å². The Balaban J connectivity index is 1.81. The number of hydrogen-bond acceptors (Lipinski definition) is 5. The van der Waals surface area contributed by atoms with Crippen molar-refractivity contribution in [3.8, 4) is 17.0 Å². The monoisotopic (exact) mass is 384 g/mol. The number of thiazole rings is 1. The van der Waals surface area contributed by atoms with Gasteiger partial charge in [-0.05, 0) is 39.3 Å². The predicted molar refractivity (Wildman–Crippen MR) is 109 cm³/mol. The number of ether oxygens (including phenoxy) is 1. The molecule has 0 spiro atoms. The molecular formula is C20H24N4O2S. The van der Waals surface area contributed by atoms with Gasteiger partial charge in [-0.25, -0.2) is 4.98 Å². The van der Waals surface area contributed by atoms with Crippen LogP contribution in [0.5, 0.6) is 5.75 Å². The lowest BCUT2D eigenvalue weighted by Gasteiger charge is -2.09. The minimum Gasteiger partial charge on any atom is -0.493 e. The first kappa shape index (κ1) is 19.1. The summed E-state index contributed by atoms with van der Waals surface area (Å²) in [5, 5.41) is 9.66. The first-order chi connectivity index (χ1) is 13.0. The molecule has 0 bridgehead atoms. The molecule has 3 rings (SSSR count). The smallest absolute Gasteiger partial charge is 0.260 e. The van der Waals surface area contributed by atoms with Gasteiger partial charge in [-0.15, -0.1) is 11.3 Å². The lowest BCUT2D eigenvalue weighted by atomic mass is 10.1. The van der Waals surface area contributed by atoms with E-state index in [4.69, 9.17) is 4.74 Å². The highest BCUT2D eigenvalue weighted by molar-refractivity contribution is 7.14. The molecule has 0 fully saturated rings. The van der Waals surface area contributed by atoms with Crippen molar-refractivity contribution in [1.29, 1.82) is 0 Å². The molecule has 0 aliphatic heterocycles. The van der Waals surface area contributed by atoms with Gasteiger partial charge in [-0.2, -0.15) is 5.10 Å². The third kappa shape index (κ3) is 4.19. The summed E-state index contributed by atoms with van der Waals surface area (Å²) >= 11 is 1.40. The number of carbonyl (C=O) groups excluding carboxylic acids is 1. The van der Waals surface area contributed by atoms with Crippen molar-refractivity contribution in [1.82, 2.24) is 14.8 Å². The van der Waals surface area contributed by atoms with Crippen LogP contribution in [0.15, 0.2) is 29.8 Å². The molecule has 1 amide bonds. The second-order valence-electron chi connectivity index (χ2n) is 6.29. The van der Waals surface area contributed by atoms with Crippen LogP contribution in [0.1, 0.15) is 41.9 Å². The maximum absolute atomic E-state index is 12.6. The van der Waals surface area contributed by atoms with Gasteiger partial charge in [-0.3, -0.25) is 14.8 Å². The molecule has 3 aromatic rings. The van der Waals surface area contributed by atoms with Crippen LogP contribution in [-0.2, 0) is 6.54 Å². The van der Waals surface area contributed by atoms with Gasteiger partial charge in [0.15, 0.2) is 5.13 Å². The van der Waals surface area contributed by atoms with Crippen molar-refractivity contribution >= 4 is 22.4 Å². The Hall–Kier alpha value is -2.67. The van der Waals surface area contributed by atoms with Crippen LogP contribution in [-0.4, -0.2) is 27.3 Å². The summed E-state index contributed by atoms with van der Waals surface area (Å²) < 4.78 is 7.56. The van der Waals surface area contributed by atoms with Crippen LogP contribution in [0.2, 0.25) is 0 Å². The zero-order chi connectivity index (χ0) is 19.4. The minimum absolute atomic E-state index is 0.190. The van der Waals surface area contributed by atoms with E-state index in [1.165, 1.54) is 11.3 Å².